The summed E-state index contributed by atoms with van der Waals surface area (Å²) < 4.78 is 0. The van der Waals surface area contributed by atoms with Crippen LogP contribution in [-0.2, 0) is 19.2 Å². The van der Waals surface area contributed by atoms with Gasteiger partial charge >= 0.3 is 49.7 Å². The Kier molecular flexibility index (Phi) is 27.9. The molecule has 0 atom stereocenters. The van der Waals surface area contributed by atoms with Gasteiger partial charge in [0.25, 0.3) is 0 Å². The van der Waals surface area contributed by atoms with Crippen LogP contribution in [0.4, 0.5) is 0 Å². The van der Waals surface area contributed by atoms with Gasteiger partial charge in [-0.25, -0.2) is 4.79 Å². The quantitative estimate of drug-likeness (QED) is 0.153. The van der Waals surface area contributed by atoms with Crippen LogP contribution in [0, 0.1) is 0 Å². The van der Waals surface area contributed by atoms with Gasteiger partial charge in [-0.2, -0.15) is 0 Å². The van der Waals surface area contributed by atoms with E-state index in [0.717, 1.165) is 12.8 Å². The van der Waals surface area contributed by atoms with Crippen LogP contribution in [-0.4, -0.2) is 82.5 Å². The summed E-state index contributed by atoms with van der Waals surface area (Å²) >= 11 is 0. The van der Waals surface area contributed by atoms with Crippen molar-refractivity contribution < 1.29 is 44.7 Å². The summed E-state index contributed by atoms with van der Waals surface area (Å²) in [5.41, 5.74) is -2.86. The number of hydrogen-bond acceptors (Lipinski definition) is 7. The molecule has 0 aliphatic heterocycles. The van der Waals surface area contributed by atoms with Gasteiger partial charge in [0.1, 0.15) is 0 Å². The second kappa shape index (κ2) is 25.2. The van der Waals surface area contributed by atoms with Crippen LogP contribution >= 0.6 is 0 Å². The van der Waals surface area contributed by atoms with Gasteiger partial charge in [0.2, 0.25) is 0 Å². The van der Waals surface area contributed by atoms with Crippen molar-refractivity contribution in [3.05, 3.63) is 0 Å². The van der Waals surface area contributed by atoms with Gasteiger partial charge in [0.15, 0.2) is 5.60 Å². The van der Waals surface area contributed by atoms with Crippen LogP contribution in [0.15, 0.2) is 0 Å². The van der Waals surface area contributed by atoms with Crippen molar-refractivity contribution in [2.45, 2.75) is 128 Å². The molecular formula is C24H42CaO9. The number of carbonyl (C=O) groups is 4. The maximum atomic E-state index is 10.3. The van der Waals surface area contributed by atoms with E-state index >= 15 is 0 Å². The number of carbonyl (C=O) groups excluding carboxylic acids is 2. The number of rotatable bonds is 21. The Morgan fingerprint density at radius 1 is 0.618 bits per heavy atom. The molecule has 0 aromatic carbocycles. The van der Waals surface area contributed by atoms with E-state index in [9.17, 15) is 29.4 Å². The fourth-order valence-corrected chi connectivity index (χ4v) is 3.34. The summed E-state index contributed by atoms with van der Waals surface area (Å²) in [4.78, 5) is 40.5. The molecule has 0 amide bonds. The zero-order chi connectivity index (χ0) is 25.5. The molecule has 34 heavy (non-hydrogen) atoms. The first-order valence-electron chi connectivity index (χ1n) is 12.1. The topological polar surface area (TPSA) is 175 Å². The Hall–Kier alpha value is -0.900. The molecule has 0 aliphatic carbocycles. The van der Waals surface area contributed by atoms with Crippen molar-refractivity contribution in [3.8, 4) is 0 Å². The van der Waals surface area contributed by atoms with Gasteiger partial charge in [-0.3, -0.25) is 4.79 Å². The first-order valence-corrected chi connectivity index (χ1v) is 12.1. The maximum Gasteiger partial charge on any atom is 2.00 e. The van der Waals surface area contributed by atoms with E-state index < -0.39 is 42.3 Å². The number of hydrogen-bond donors (Lipinski definition) is 3. The Labute approximate surface area is 233 Å². The molecule has 10 heteroatoms. The molecule has 0 aromatic heterocycles. The third kappa shape index (κ3) is 27.3. The average Bonchev–Trinajstić information content (AvgIpc) is 2.70. The fourth-order valence-electron chi connectivity index (χ4n) is 3.34. The molecular weight excluding hydrogens is 472 g/mol. The van der Waals surface area contributed by atoms with Crippen molar-refractivity contribution in [1.29, 1.82) is 0 Å². The second-order valence-electron chi connectivity index (χ2n) is 8.53. The van der Waals surface area contributed by atoms with E-state index in [0.29, 0.717) is 6.42 Å². The number of aliphatic hydroxyl groups is 1. The maximum absolute atomic E-state index is 10.3. The summed E-state index contributed by atoms with van der Waals surface area (Å²) in [7, 11) is 0. The van der Waals surface area contributed by atoms with Crippen molar-refractivity contribution in [3.63, 3.8) is 0 Å². The SMILES string of the molecule is CCCCCCCCCCCCCCCCCC(=O)O.O=C([O-])CC(O)(CC(=O)[O-])C(=O)O.[Ca+2]. The van der Waals surface area contributed by atoms with Crippen molar-refractivity contribution in [2.75, 3.05) is 0 Å². The summed E-state index contributed by atoms with van der Waals surface area (Å²) in [5.74, 6) is -6.31. The zero-order valence-electron chi connectivity index (χ0n) is 20.7. The molecule has 0 radical (unpaired) electrons. The predicted molar refractivity (Wildman–Crippen MR) is 125 cm³/mol. The van der Waals surface area contributed by atoms with Crippen LogP contribution in [0.2, 0.25) is 0 Å². The van der Waals surface area contributed by atoms with Gasteiger partial charge in [0.05, 0.1) is 0 Å². The minimum absolute atomic E-state index is 0. The number of unbranched alkanes of at least 4 members (excludes halogenated alkanes) is 14. The summed E-state index contributed by atoms with van der Waals surface area (Å²) in [5, 5.41) is 45.7. The van der Waals surface area contributed by atoms with Crippen molar-refractivity contribution in [1.82, 2.24) is 0 Å². The first kappa shape index (κ1) is 37.6. The fraction of sp³-hybridized carbons (Fsp3) is 0.833. The molecule has 9 nitrogen and oxygen atoms in total. The normalized spacial score (nSPS) is 10.5. The van der Waals surface area contributed by atoms with Gasteiger partial charge < -0.3 is 35.1 Å². The predicted octanol–water partition coefficient (Wildman–Crippen LogP) is 2.03. The van der Waals surface area contributed by atoms with Crippen molar-refractivity contribution in [2.24, 2.45) is 0 Å². The molecule has 0 saturated carbocycles. The Bertz CT molecular complexity index is 537. The largest absolute Gasteiger partial charge is 2.00 e. The third-order valence-electron chi connectivity index (χ3n) is 5.27. The standard InChI is InChI=1S/C18H36O2.C6H8O7.Ca/c1-2-3-4-5-6-7-8-9-10-11-12-13-14-15-16-17-18(19)20;7-3(8)1-6(13,5(11)12)2-4(9)10;/h2-17H2,1H3,(H,19,20);13H,1-2H2,(H,7,8)(H,9,10)(H,11,12);/q;;+2/p-2. The van der Waals surface area contributed by atoms with E-state index in [2.05, 4.69) is 6.92 Å². The number of carboxylic acid groups (broad SMARTS) is 4. The van der Waals surface area contributed by atoms with E-state index in [1.807, 2.05) is 0 Å². The van der Waals surface area contributed by atoms with Gasteiger partial charge in [-0.1, -0.05) is 96.8 Å². The Morgan fingerprint density at radius 2 is 0.912 bits per heavy atom. The van der Waals surface area contributed by atoms with Crippen LogP contribution in [0.5, 0.6) is 0 Å². The molecule has 0 fully saturated rings. The van der Waals surface area contributed by atoms with Crippen LogP contribution in [0.3, 0.4) is 0 Å². The van der Waals surface area contributed by atoms with Gasteiger partial charge in [-0.05, 0) is 6.42 Å². The third-order valence-corrected chi connectivity index (χ3v) is 5.27. The number of carboxylic acids is 4. The summed E-state index contributed by atoms with van der Waals surface area (Å²) in [6.07, 6.45) is 17.6. The van der Waals surface area contributed by atoms with Crippen molar-refractivity contribution >= 4 is 61.6 Å². The number of aliphatic carboxylic acids is 4. The minimum atomic E-state index is -2.86. The van der Waals surface area contributed by atoms with Crippen LogP contribution < -0.4 is 10.2 Å². The van der Waals surface area contributed by atoms with E-state index in [-0.39, 0.29) is 37.7 Å². The first-order chi connectivity index (χ1) is 15.5. The molecule has 0 spiro atoms. The molecule has 0 rings (SSSR count). The second-order valence-corrected chi connectivity index (χ2v) is 8.53. The molecule has 0 aromatic rings. The monoisotopic (exact) mass is 514 g/mol. The smallest absolute Gasteiger partial charge is 0.550 e. The Balaban J connectivity index is -0.000000598. The van der Waals surface area contributed by atoms with Gasteiger partial charge in [-0.15, -0.1) is 0 Å². The van der Waals surface area contributed by atoms with Crippen LogP contribution in [0.25, 0.3) is 0 Å². The molecule has 0 unspecified atom stereocenters. The average molecular weight is 515 g/mol. The zero-order valence-corrected chi connectivity index (χ0v) is 22.9. The molecule has 0 saturated heterocycles. The molecule has 3 N–H and O–H groups in total. The van der Waals surface area contributed by atoms with Crippen LogP contribution in [0.1, 0.15) is 122 Å². The van der Waals surface area contributed by atoms with Gasteiger partial charge in [0, 0.05) is 31.2 Å². The van der Waals surface area contributed by atoms with E-state index in [4.69, 9.17) is 15.3 Å². The van der Waals surface area contributed by atoms with E-state index in [1.54, 1.807) is 0 Å². The molecule has 0 bridgehead atoms. The summed E-state index contributed by atoms with van der Waals surface area (Å²) in [6, 6.07) is 0. The minimum Gasteiger partial charge on any atom is -0.550 e. The Morgan fingerprint density at radius 3 is 1.15 bits per heavy atom. The summed E-state index contributed by atoms with van der Waals surface area (Å²) in [6.45, 7) is 2.27. The molecule has 194 valence electrons. The van der Waals surface area contributed by atoms with E-state index in [1.165, 1.54) is 83.5 Å². The molecule has 0 heterocycles. The molecule has 0 aliphatic rings.